The molecule has 0 aliphatic heterocycles. The molecular weight excluding hydrogens is 242 g/mol. The molecule has 0 spiro atoms. The zero-order chi connectivity index (χ0) is 14.7. The molecule has 1 aromatic rings. The molecule has 0 radical (unpaired) electrons. The SMILES string of the molecule is CC(C)(O)Cc1ccccc1NC(=O)OC(C)(C)C. The van der Waals surface area contributed by atoms with E-state index in [1.165, 1.54) is 0 Å². The first-order valence-electron chi connectivity index (χ1n) is 6.37. The van der Waals surface area contributed by atoms with Crippen LogP contribution in [-0.4, -0.2) is 22.4 Å². The van der Waals surface area contributed by atoms with Gasteiger partial charge in [-0.25, -0.2) is 4.79 Å². The Morgan fingerprint density at radius 2 is 1.79 bits per heavy atom. The van der Waals surface area contributed by atoms with E-state index >= 15 is 0 Å². The van der Waals surface area contributed by atoms with E-state index in [4.69, 9.17) is 4.74 Å². The minimum Gasteiger partial charge on any atom is -0.444 e. The molecule has 0 atom stereocenters. The number of carbonyl (C=O) groups is 1. The maximum atomic E-state index is 11.8. The van der Waals surface area contributed by atoms with Gasteiger partial charge in [0.05, 0.1) is 5.60 Å². The Morgan fingerprint density at radius 1 is 1.21 bits per heavy atom. The van der Waals surface area contributed by atoms with Gasteiger partial charge < -0.3 is 9.84 Å². The molecule has 1 aromatic carbocycles. The molecule has 4 heteroatoms. The fourth-order valence-electron chi connectivity index (χ4n) is 1.68. The lowest BCUT2D eigenvalue weighted by Crippen LogP contribution is -2.28. The highest BCUT2D eigenvalue weighted by molar-refractivity contribution is 5.85. The second-order valence-corrected chi connectivity index (χ2v) is 6.27. The van der Waals surface area contributed by atoms with E-state index < -0.39 is 17.3 Å². The Labute approximate surface area is 114 Å². The summed E-state index contributed by atoms with van der Waals surface area (Å²) in [6, 6.07) is 7.39. The molecule has 0 saturated heterocycles. The van der Waals surface area contributed by atoms with Crippen molar-refractivity contribution in [3.8, 4) is 0 Å². The van der Waals surface area contributed by atoms with Crippen LogP contribution in [0, 0.1) is 0 Å². The molecular formula is C15H23NO3. The molecule has 1 rings (SSSR count). The first-order valence-corrected chi connectivity index (χ1v) is 6.37. The summed E-state index contributed by atoms with van der Waals surface area (Å²) in [5, 5.41) is 12.6. The van der Waals surface area contributed by atoms with E-state index in [1.54, 1.807) is 19.9 Å². The maximum absolute atomic E-state index is 11.8. The van der Waals surface area contributed by atoms with E-state index in [2.05, 4.69) is 5.32 Å². The quantitative estimate of drug-likeness (QED) is 0.881. The summed E-state index contributed by atoms with van der Waals surface area (Å²) < 4.78 is 5.21. The summed E-state index contributed by atoms with van der Waals surface area (Å²) >= 11 is 0. The number of ether oxygens (including phenoxy) is 1. The summed E-state index contributed by atoms with van der Waals surface area (Å²) in [5.74, 6) is 0. The number of rotatable bonds is 3. The lowest BCUT2D eigenvalue weighted by Gasteiger charge is -2.22. The van der Waals surface area contributed by atoms with Crippen molar-refractivity contribution in [2.75, 3.05) is 5.32 Å². The van der Waals surface area contributed by atoms with Gasteiger partial charge in [-0.3, -0.25) is 5.32 Å². The molecule has 0 aliphatic carbocycles. The molecule has 1 amide bonds. The minimum atomic E-state index is -0.828. The number of nitrogens with one attached hydrogen (secondary N) is 1. The van der Waals surface area contributed by atoms with Crippen LogP contribution >= 0.6 is 0 Å². The molecule has 106 valence electrons. The Kier molecular flexibility index (Phi) is 4.58. The van der Waals surface area contributed by atoms with Crippen molar-refractivity contribution < 1.29 is 14.6 Å². The third-order valence-corrected chi connectivity index (χ3v) is 2.28. The van der Waals surface area contributed by atoms with E-state index in [9.17, 15) is 9.90 Å². The van der Waals surface area contributed by atoms with Crippen molar-refractivity contribution >= 4 is 11.8 Å². The summed E-state index contributed by atoms with van der Waals surface area (Å²) in [5.41, 5.74) is 0.181. The first-order chi connectivity index (χ1) is 8.57. The van der Waals surface area contributed by atoms with Crippen LogP contribution in [0.25, 0.3) is 0 Å². The van der Waals surface area contributed by atoms with Crippen LogP contribution in [0.1, 0.15) is 40.2 Å². The number of para-hydroxylation sites is 1. The number of hydrogen-bond donors (Lipinski definition) is 2. The van der Waals surface area contributed by atoms with E-state index in [-0.39, 0.29) is 0 Å². The molecule has 0 unspecified atom stereocenters. The average Bonchev–Trinajstić information content (AvgIpc) is 2.15. The smallest absolute Gasteiger partial charge is 0.412 e. The zero-order valence-electron chi connectivity index (χ0n) is 12.3. The van der Waals surface area contributed by atoms with Gasteiger partial charge >= 0.3 is 6.09 Å². The van der Waals surface area contributed by atoms with Gasteiger partial charge in [0.2, 0.25) is 0 Å². The summed E-state index contributed by atoms with van der Waals surface area (Å²) in [6.45, 7) is 8.91. The number of aliphatic hydroxyl groups is 1. The summed E-state index contributed by atoms with van der Waals surface area (Å²) in [4.78, 5) is 11.8. The van der Waals surface area contributed by atoms with E-state index in [1.807, 2.05) is 39.0 Å². The van der Waals surface area contributed by atoms with Crippen LogP contribution in [0.3, 0.4) is 0 Å². The fourth-order valence-corrected chi connectivity index (χ4v) is 1.68. The summed E-state index contributed by atoms with van der Waals surface area (Å²) in [7, 11) is 0. The van der Waals surface area contributed by atoms with Crippen LogP contribution in [0.2, 0.25) is 0 Å². The lowest BCUT2D eigenvalue weighted by atomic mass is 9.97. The highest BCUT2D eigenvalue weighted by Gasteiger charge is 2.19. The largest absolute Gasteiger partial charge is 0.444 e. The van der Waals surface area contributed by atoms with Crippen molar-refractivity contribution in [3.05, 3.63) is 29.8 Å². The predicted molar refractivity (Wildman–Crippen MR) is 76.3 cm³/mol. The van der Waals surface area contributed by atoms with E-state index in [0.29, 0.717) is 12.1 Å². The normalized spacial score (nSPS) is 12.1. The van der Waals surface area contributed by atoms with Crippen molar-refractivity contribution in [3.63, 3.8) is 0 Å². The van der Waals surface area contributed by atoms with Crippen molar-refractivity contribution in [1.29, 1.82) is 0 Å². The summed E-state index contributed by atoms with van der Waals surface area (Å²) in [6.07, 6.45) is -0.0328. The molecule has 0 fully saturated rings. The van der Waals surface area contributed by atoms with Crippen LogP contribution in [0.15, 0.2) is 24.3 Å². The average molecular weight is 265 g/mol. The Hall–Kier alpha value is -1.55. The maximum Gasteiger partial charge on any atom is 0.412 e. The molecule has 0 bridgehead atoms. The monoisotopic (exact) mass is 265 g/mol. The number of carbonyl (C=O) groups excluding carboxylic acids is 1. The molecule has 0 saturated carbocycles. The molecule has 0 heterocycles. The molecule has 19 heavy (non-hydrogen) atoms. The van der Waals surface area contributed by atoms with Crippen molar-refractivity contribution in [2.24, 2.45) is 0 Å². The van der Waals surface area contributed by atoms with Gasteiger partial charge in [0.25, 0.3) is 0 Å². The van der Waals surface area contributed by atoms with E-state index in [0.717, 1.165) is 5.56 Å². The van der Waals surface area contributed by atoms with Gasteiger partial charge in [0.1, 0.15) is 5.60 Å². The first kappa shape index (κ1) is 15.5. The van der Waals surface area contributed by atoms with Gasteiger partial charge in [-0.1, -0.05) is 18.2 Å². The van der Waals surface area contributed by atoms with Crippen LogP contribution in [0.5, 0.6) is 0 Å². The second kappa shape index (κ2) is 5.61. The van der Waals surface area contributed by atoms with Crippen LogP contribution in [0.4, 0.5) is 10.5 Å². The topological polar surface area (TPSA) is 58.6 Å². The zero-order valence-corrected chi connectivity index (χ0v) is 12.3. The number of amides is 1. The molecule has 2 N–H and O–H groups in total. The van der Waals surface area contributed by atoms with Gasteiger partial charge in [-0.05, 0) is 46.2 Å². The van der Waals surface area contributed by atoms with Gasteiger partial charge in [-0.2, -0.15) is 0 Å². The number of anilines is 1. The minimum absolute atomic E-state index is 0.457. The van der Waals surface area contributed by atoms with Gasteiger partial charge in [0.15, 0.2) is 0 Å². The van der Waals surface area contributed by atoms with Crippen LogP contribution < -0.4 is 5.32 Å². The number of hydrogen-bond acceptors (Lipinski definition) is 3. The number of benzene rings is 1. The molecule has 0 aliphatic rings. The Morgan fingerprint density at radius 3 is 2.32 bits per heavy atom. The van der Waals surface area contributed by atoms with Crippen molar-refractivity contribution in [1.82, 2.24) is 0 Å². The Balaban J connectivity index is 2.81. The standard InChI is InChI=1S/C15H23NO3/c1-14(2,3)19-13(17)16-12-9-7-6-8-11(12)10-15(4,5)18/h6-9,18H,10H2,1-5H3,(H,16,17). The third kappa shape index (κ3) is 6.25. The second-order valence-electron chi connectivity index (χ2n) is 6.27. The van der Waals surface area contributed by atoms with Gasteiger partial charge in [0, 0.05) is 12.1 Å². The molecule has 4 nitrogen and oxygen atoms in total. The van der Waals surface area contributed by atoms with Crippen LogP contribution in [-0.2, 0) is 11.2 Å². The highest BCUT2D eigenvalue weighted by Crippen LogP contribution is 2.21. The third-order valence-electron chi connectivity index (χ3n) is 2.28. The van der Waals surface area contributed by atoms with Crippen molar-refractivity contribution in [2.45, 2.75) is 52.2 Å². The fraction of sp³-hybridized carbons (Fsp3) is 0.533. The Bertz CT molecular complexity index is 441. The lowest BCUT2D eigenvalue weighted by molar-refractivity contribution is 0.0632. The highest BCUT2D eigenvalue weighted by atomic mass is 16.6. The molecule has 0 aromatic heterocycles. The van der Waals surface area contributed by atoms with Gasteiger partial charge in [-0.15, -0.1) is 0 Å². The predicted octanol–water partition coefficient (Wildman–Crippen LogP) is 3.35.